The maximum atomic E-state index is 12.7. The Morgan fingerprint density at radius 3 is 2.12 bits per heavy atom. The summed E-state index contributed by atoms with van der Waals surface area (Å²) < 4.78 is 24.4. The van der Waals surface area contributed by atoms with Crippen LogP contribution in [0.1, 0.15) is 83.6 Å². The summed E-state index contributed by atoms with van der Waals surface area (Å²) >= 11 is 0. The predicted molar refractivity (Wildman–Crippen MR) is 127 cm³/mol. The second-order valence-corrected chi connectivity index (χ2v) is 10.8. The number of nitrogens with one attached hydrogen (secondary N) is 1. The van der Waals surface area contributed by atoms with Crippen LogP contribution in [0.5, 0.6) is 0 Å². The minimum Gasteiger partial charge on any atom is -0.274 e. The topological polar surface area (TPSA) is 95.9 Å². The Balaban J connectivity index is 1.56. The van der Waals surface area contributed by atoms with Crippen molar-refractivity contribution in [3.8, 4) is 0 Å². The predicted octanol–water partition coefficient (Wildman–Crippen LogP) is 4.37. The number of unbranched alkanes of at least 4 members (excludes halogenated alkanes) is 5. The molecule has 3 rings (SSSR count). The number of imide groups is 1. The van der Waals surface area contributed by atoms with Gasteiger partial charge < -0.3 is 0 Å². The van der Waals surface area contributed by atoms with Gasteiger partial charge in [-0.05, 0) is 43.9 Å². The number of benzene rings is 1. The van der Waals surface area contributed by atoms with Gasteiger partial charge in [0.15, 0.2) is 0 Å². The van der Waals surface area contributed by atoms with E-state index in [-0.39, 0.29) is 29.4 Å². The van der Waals surface area contributed by atoms with E-state index >= 15 is 0 Å². The van der Waals surface area contributed by atoms with Crippen molar-refractivity contribution in [2.24, 2.45) is 16.9 Å². The van der Waals surface area contributed by atoms with Crippen molar-refractivity contribution < 1.29 is 18.0 Å². The molecule has 1 aliphatic heterocycles. The van der Waals surface area contributed by atoms with Crippen LogP contribution in [0.25, 0.3) is 0 Å². The molecule has 0 unspecified atom stereocenters. The fourth-order valence-electron chi connectivity index (χ4n) is 4.59. The standard InChI is InChI=1S/C24H35N3O4S/c1-3-4-5-6-7-10-17-32(30,31)26-25-18(2)19-13-15-20(16-14-19)27-23(28)21-11-8-9-12-22(21)24(27)29/h13-16,21-22,26H,3-12,17H2,1-2H3/b25-18-/t21-,22-/m1/s1. The van der Waals surface area contributed by atoms with Crippen molar-refractivity contribution >= 4 is 33.2 Å². The molecule has 2 aliphatic rings. The van der Waals surface area contributed by atoms with E-state index in [0.29, 0.717) is 17.8 Å². The van der Waals surface area contributed by atoms with E-state index in [2.05, 4.69) is 16.9 Å². The molecule has 176 valence electrons. The van der Waals surface area contributed by atoms with Gasteiger partial charge in [0.2, 0.25) is 21.8 Å². The maximum Gasteiger partial charge on any atom is 0.247 e. The Morgan fingerprint density at radius 2 is 1.53 bits per heavy atom. The number of hydrogen-bond acceptors (Lipinski definition) is 5. The zero-order chi connectivity index (χ0) is 23.1. The van der Waals surface area contributed by atoms with Crippen LogP contribution in [0.2, 0.25) is 0 Å². The van der Waals surface area contributed by atoms with Crippen LogP contribution >= 0.6 is 0 Å². The van der Waals surface area contributed by atoms with Gasteiger partial charge >= 0.3 is 0 Å². The molecular weight excluding hydrogens is 426 g/mol. The van der Waals surface area contributed by atoms with Gasteiger partial charge in [-0.3, -0.25) is 14.5 Å². The third kappa shape index (κ3) is 5.97. The van der Waals surface area contributed by atoms with Gasteiger partial charge in [0.25, 0.3) is 0 Å². The first-order valence-electron chi connectivity index (χ1n) is 11.9. The summed E-state index contributed by atoms with van der Waals surface area (Å²) in [6.07, 6.45) is 9.66. The molecule has 8 heteroatoms. The SMILES string of the molecule is CCCCCCCCS(=O)(=O)N/N=C(/C)c1ccc(N2C(=O)[C@@H]3CCCC[C@H]3C2=O)cc1. The third-order valence-corrected chi connectivity index (χ3v) is 7.70. The first kappa shape index (κ1) is 24.4. The zero-order valence-corrected chi connectivity index (χ0v) is 20.0. The number of fused-ring (bicyclic) bond motifs is 1. The van der Waals surface area contributed by atoms with Gasteiger partial charge in [-0.1, -0.05) is 64.0 Å². The molecule has 1 aromatic rings. The molecule has 0 spiro atoms. The fraction of sp³-hybridized carbons (Fsp3) is 0.625. The number of hydrazone groups is 1. The first-order valence-corrected chi connectivity index (χ1v) is 13.5. The summed E-state index contributed by atoms with van der Waals surface area (Å²) in [5.41, 5.74) is 1.82. The lowest BCUT2D eigenvalue weighted by Crippen LogP contribution is -2.30. The molecular formula is C24H35N3O4S. The first-order chi connectivity index (χ1) is 15.3. The lowest BCUT2D eigenvalue weighted by molar-refractivity contribution is -0.122. The largest absolute Gasteiger partial charge is 0.274 e. The van der Waals surface area contributed by atoms with E-state index in [1.54, 1.807) is 31.2 Å². The third-order valence-electron chi connectivity index (χ3n) is 6.50. The highest BCUT2D eigenvalue weighted by Gasteiger charge is 2.48. The number of anilines is 1. The molecule has 1 saturated carbocycles. The van der Waals surface area contributed by atoms with Crippen LogP contribution in [-0.4, -0.2) is 31.7 Å². The Labute approximate surface area is 191 Å². The van der Waals surface area contributed by atoms with Crippen LogP contribution in [-0.2, 0) is 19.6 Å². The summed E-state index contributed by atoms with van der Waals surface area (Å²) in [6, 6.07) is 6.98. The number of hydrogen-bond donors (Lipinski definition) is 1. The van der Waals surface area contributed by atoms with Crippen molar-refractivity contribution in [3.63, 3.8) is 0 Å². The van der Waals surface area contributed by atoms with E-state index in [0.717, 1.165) is 50.5 Å². The van der Waals surface area contributed by atoms with Gasteiger partial charge in [-0.15, -0.1) is 0 Å². The molecule has 32 heavy (non-hydrogen) atoms. The highest BCUT2D eigenvalue weighted by Crippen LogP contribution is 2.40. The highest BCUT2D eigenvalue weighted by atomic mass is 32.2. The van der Waals surface area contributed by atoms with Crippen molar-refractivity contribution in [2.45, 2.75) is 78.1 Å². The normalized spacial score (nSPS) is 21.7. The number of rotatable bonds is 11. The Kier molecular flexibility index (Phi) is 8.45. The molecule has 0 aromatic heterocycles. The monoisotopic (exact) mass is 461 g/mol. The Bertz CT molecular complexity index is 916. The summed E-state index contributed by atoms with van der Waals surface area (Å²) in [5.74, 6) is -0.489. The second kappa shape index (κ2) is 11.1. The molecule has 7 nitrogen and oxygen atoms in total. The van der Waals surface area contributed by atoms with E-state index in [1.165, 1.54) is 17.7 Å². The molecule has 2 atom stereocenters. The molecule has 2 fully saturated rings. The fourth-order valence-corrected chi connectivity index (χ4v) is 5.54. The smallest absolute Gasteiger partial charge is 0.247 e. The van der Waals surface area contributed by atoms with Crippen molar-refractivity contribution in [1.82, 2.24) is 4.83 Å². The van der Waals surface area contributed by atoms with Crippen LogP contribution in [0, 0.1) is 11.8 Å². The Hall–Kier alpha value is -2.22. The average Bonchev–Trinajstić information content (AvgIpc) is 3.05. The minimum atomic E-state index is -3.46. The zero-order valence-electron chi connectivity index (χ0n) is 19.2. The molecule has 1 heterocycles. The molecule has 2 amide bonds. The van der Waals surface area contributed by atoms with Gasteiger partial charge in [-0.2, -0.15) is 5.10 Å². The van der Waals surface area contributed by atoms with Gasteiger partial charge in [-0.25, -0.2) is 13.2 Å². The number of amides is 2. The molecule has 0 radical (unpaired) electrons. The van der Waals surface area contributed by atoms with Crippen molar-refractivity contribution in [1.29, 1.82) is 0 Å². The van der Waals surface area contributed by atoms with Crippen LogP contribution < -0.4 is 9.73 Å². The lowest BCUT2D eigenvalue weighted by Gasteiger charge is -2.19. The summed E-state index contributed by atoms with van der Waals surface area (Å²) in [7, 11) is -3.46. The average molecular weight is 462 g/mol. The van der Waals surface area contributed by atoms with Gasteiger partial charge in [0.1, 0.15) is 0 Å². The number of carbonyl (C=O) groups is 2. The van der Waals surface area contributed by atoms with E-state index in [4.69, 9.17) is 0 Å². The summed E-state index contributed by atoms with van der Waals surface area (Å²) in [5, 5.41) is 4.04. The minimum absolute atomic E-state index is 0.0658. The molecule has 1 aliphatic carbocycles. The van der Waals surface area contributed by atoms with Crippen LogP contribution in [0.3, 0.4) is 0 Å². The van der Waals surface area contributed by atoms with E-state index < -0.39 is 10.0 Å². The quantitative estimate of drug-likeness (QED) is 0.229. The lowest BCUT2D eigenvalue weighted by atomic mass is 9.81. The van der Waals surface area contributed by atoms with Crippen LogP contribution in [0.15, 0.2) is 29.4 Å². The van der Waals surface area contributed by atoms with E-state index in [1.807, 2.05) is 0 Å². The van der Waals surface area contributed by atoms with Crippen molar-refractivity contribution in [2.75, 3.05) is 10.7 Å². The summed E-state index contributed by atoms with van der Waals surface area (Å²) in [6.45, 7) is 3.88. The highest BCUT2D eigenvalue weighted by molar-refractivity contribution is 7.89. The second-order valence-electron chi connectivity index (χ2n) is 8.93. The Morgan fingerprint density at radius 1 is 0.969 bits per heavy atom. The molecule has 1 N–H and O–H groups in total. The van der Waals surface area contributed by atoms with Crippen LogP contribution in [0.4, 0.5) is 5.69 Å². The molecule has 1 aromatic carbocycles. The van der Waals surface area contributed by atoms with E-state index in [9.17, 15) is 18.0 Å². The van der Waals surface area contributed by atoms with Gasteiger partial charge in [0, 0.05) is 0 Å². The number of carbonyl (C=O) groups excluding carboxylic acids is 2. The molecule has 1 saturated heterocycles. The van der Waals surface area contributed by atoms with Gasteiger partial charge in [0.05, 0.1) is 29.0 Å². The molecule has 0 bridgehead atoms. The maximum absolute atomic E-state index is 12.7. The number of sulfonamides is 1. The number of nitrogens with zero attached hydrogens (tertiary/aromatic N) is 2. The summed E-state index contributed by atoms with van der Waals surface area (Å²) in [4.78, 5) is 29.1. The van der Waals surface area contributed by atoms with Crippen molar-refractivity contribution in [3.05, 3.63) is 29.8 Å².